The first-order valence-corrected chi connectivity index (χ1v) is 9.49. The number of hydrogen-bond acceptors (Lipinski definition) is 5. The average molecular weight is 438 g/mol. The van der Waals surface area contributed by atoms with Crippen molar-refractivity contribution in [1.29, 1.82) is 0 Å². The smallest absolute Gasteiger partial charge is 0.475 e. The van der Waals surface area contributed by atoms with Crippen LogP contribution in [0.25, 0.3) is 10.9 Å². The van der Waals surface area contributed by atoms with Crippen molar-refractivity contribution in [2.75, 3.05) is 11.9 Å². The maximum atomic E-state index is 12.7. The molecule has 1 saturated heterocycles. The number of carbonyl (C=O) groups is 2. The first kappa shape index (κ1) is 22.3. The maximum absolute atomic E-state index is 12.7. The SMILES string of the molecule is Cc1[nH]nc2cc(NC(=O)c3cn[nH]c3C3CCCCN3)ccc12.O=C(O)C(F)(F)F. The molecule has 31 heavy (non-hydrogen) atoms. The zero-order valence-corrected chi connectivity index (χ0v) is 16.5. The van der Waals surface area contributed by atoms with Crippen molar-refractivity contribution in [1.82, 2.24) is 25.7 Å². The number of halogens is 3. The Kier molecular flexibility index (Phi) is 6.59. The maximum Gasteiger partial charge on any atom is 0.490 e. The first-order chi connectivity index (χ1) is 14.7. The Morgan fingerprint density at radius 2 is 1.97 bits per heavy atom. The predicted octanol–water partition coefficient (Wildman–Crippen LogP) is 3.29. The number of aromatic nitrogens is 4. The number of aliphatic carboxylic acids is 1. The molecule has 1 aromatic carbocycles. The standard InChI is InChI=1S/C17H20N6O.C2HF3O2/c1-10-12-6-5-11(8-15(12)22-21-10)20-17(24)13-9-19-23-16(13)14-4-2-3-7-18-14;3-2(4,5)1(6)7/h5-6,8-9,14,18H,2-4,7H2,1H3,(H,19,23)(H,20,24)(H,21,22);(H,6,7). The molecule has 3 heterocycles. The summed E-state index contributed by atoms with van der Waals surface area (Å²) in [4.78, 5) is 21.5. The van der Waals surface area contributed by atoms with E-state index in [1.807, 2.05) is 25.1 Å². The van der Waals surface area contributed by atoms with Crippen LogP contribution in [-0.2, 0) is 4.79 Å². The van der Waals surface area contributed by atoms with Gasteiger partial charge in [0, 0.05) is 22.8 Å². The highest BCUT2D eigenvalue weighted by Gasteiger charge is 2.38. The Balaban J connectivity index is 0.000000339. The zero-order chi connectivity index (χ0) is 22.6. The molecule has 1 fully saturated rings. The van der Waals surface area contributed by atoms with Gasteiger partial charge >= 0.3 is 12.1 Å². The second-order valence-electron chi connectivity index (χ2n) is 7.04. The van der Waals surface area contributed by atoms with Gasteiger partial charge in [0.1, 0.15) is 0 Å². The van der Waals surface area contributed by atoms with Crippen LogP contribution < -0.4 is 10.6 Å². The number of carboxylic acids is 1. The molecule has 0 bridgehead atoms. The van der Waals surface area contributed by atoms with E-state index < -0.39 is 12.1 Å². The molecule has 0 radical (unpaired) electrons. The molecule has 12 heteroatoms. The molecule has 5 N–H and O–H groups in total. The Labute approximate surface area is 174 Å². The molecule has 3 aromatic rings. The van der Waals surface area contributed by atoms with Gasteiger partial charge in [-0.3, -0.25) is 15.0 Å². The number of nitrogens with one attached hydrogen (secondary N) is 4. The Morgan fingerprint density at radius 1 is 1.23 bits per heavy atom. The summed E-state index contributed by atoms with van der Waals surface area (Å²) in [7, 11) is 0. The van der Waals surface area contributed by atoms with Gasteiger partial charge in [-0.25, -0.2) is 4.79 Å². The van der Waals surface area contributed by atoms with E-state index in [0.717, 1.165) is 47.4 Å². The first-order valence-electron chi connectivity index (χ1n) is 9.49. The molecule has 1 aliphatic rings. The number of piperidine rings is 1. The van der Waals surface area contributed by atoms with Crippen molar-refractivity contribution in [3.63, 3.8) is 0 Å². The molecule has 1 unspecified atom stereocenters. The number of fused-ring (bicyclic) bond motifs is 1. The minimum absolute atomic E-state index is 0.155. The van der Waals surface area contributed by atoms with Crippen LogP contribution in [0.1, 0.15) is 47.1 Å². The number of aryl methyl sites for hydroxylation is 1. The van der Waals surface area contributed by atoms with E-state index in [1.165, 1.54) is 6.42 Å². The highest BCUT2D eigenvalue weighted by atomic mass is 19.4. The summed E-state index contributed by atoms with van der Waals surface area (Å²) in [5.41, 5.74) is 4.04. The lowest BCUT2D eigenvalue weighted by Gasteiger charge is -2.23. The van der Waals surface area contributed by atoms with E-state index in [9.17, 15) is 18.0 Å². The third-order valence-electron chi connectivity index (χ3n) is 4.82. The van der Waals surface area contributed by atoms with Gasteiger partial charge in [0.15, 0.2) is 0 Å². The molecule has 0 aliphatic carbocycles. The number of carbonyl (C=O) groups excluding carboxylic acids is 1. The van der Waals surface area contributed by atoms with Crippen molar-refractivity contribution in [2.45, 2.75) is 38.4 Å². The van der Waals surface area contributed by atoms with E-state index in [-0.39, 0.29) is 11.9 Å². The molecule has 1 aliphatic heterocycles. The largest absolute Gasteiger partial charge is 0.490 e. The summed E-state index contributed by atoms with van der Waals surface area (Å²) in [5.74, 6) is -2.91. The lowest BCUT2D eigenvalue weighted by Crippen LogP contribution is -2.29. The molecular weight excluding hydrogens is 417 g/mol. The third-order valence-corrected chi connectivity index (χ3v) is 4.82. The minimum Gasteiger partial charge on any atom is -0.475 e. The van der Waals surface area contributed by atoms with Crippen molar-refractivity contribution < 1.29 is 27.9 Å². The number of H-pyrrole nitrogens is 2. The molecule has 1 amide bonds. The van der Waals surface area contributed by atoms with E-state index in [2.05, 4.69) is 31.0 Å². The number of aromatic amines is 2. The summed E-state index contributed by atoms with van der Waals surface area (Å²) in [6.07, 6.45) is -0.138. The molecule has 0 spiro atoms. The summed E-state index contributed by atoms with van der Waals surface area (Å²) in [6, 6.07) is 5.89. The fourth-order valence-corrected chi connectivity index (χ4v) is 3.26. The normalized spacial score (nSPS) is 16.5. The van der Waals surface area contributed by atoms with Gasteiger partial charge in [-0.05, 0) is 44.5 Å². The van der Waals surface area contributed by atoms with Crippen molar-refractivity contribution in [3.8, 4) is 0 Å². The van der Waals surface area contributed by atoms with Gasteiger partial charge in [0.05, 0.1) is 23.0 Å². The van der Waals surface area contributed by atoms with Crippen molar-refractivity contribution in [2.24, 2.45) is 0 Å². The predicted molar refractivity (Wildman–Crippen MR) is 106 cm³/mol. The van der Waals surface area contributed by atoms with Gasteiger partial charge < -0.3 is 15.7 Å². The minimum atomic E-state index is -5.08. The Bertz CT molecular complexity index is 1070. The number of carboxylic acid groups (broad SMARTS) is 1. The Hall–Kier alpha value is -3.41. The summed E-state index contributed by atoms with van der Waals surface area (Å²) in [6.45, 7) is 2.95. The van der Waals surface area contributed by atoms with E-state index >= 15 is 0 Å². The molecule has 166 valence electrons. The number of anilines is 1. The fourth-order valence-electron chi connectivity index (χ4n) is 3.26. The monoisotopic (exact) mass is 438 g/mol. The van der Waals surface area contributed by atoms with Gasteiger partial charge in [0.2, 0.25) is 0 Å². The topological polar surface area (TPSA) is 136 Å². The number of rotatable bonds is 3. The summed E-state index contributed by atoms with van der Waals surface area (Å²) >= 11 is 0. The van der Waals surface area contributed by atoms with Crippen molar-refractivity contribution >= 4 is 28.5 Å². The van der Waals surface area contributed by atoms with E-state index in [0.29, 0.717) is 5.56 Å². The van der Waals surface area contributed by atoms with Gasteiger partial charge in [0.25, 0.3) is 5.91 Å². The Morgan fingerprint density at radius 3 is 2.61 bits per heavy atom. The van der Waals surface area contributed by atoms with Crippen LogP contribution in [-0.4, -0.2) is 50.1 Å². The van der Waals surface area contributed by atoms with E-state index in [1.54, 1.807) is 6.20 Å². The van der Waals surface area contributed by atoms with Gasteiger partial charge in [-0.1, -0.05) is 6.42 Å². The van der Waals surface area contributed by atoms with Crippen LogP contribution in [0.5, 0.6) is 0 Å². The fraction of sp³-hybridized carbons (Fsp3) is 0.368. The van der Waals surface area contributed by atoms with E-state index in [4.69, 9.17) is 9.90 Å². The van der Waals surface area contributed by atoms with Gasteiger partial charge in [-0.15, -0.1) is 0 Å². The third kappa shape index (κ3) is 5.40. The quantitative estimate of drug-likeness (QED) is 0.426. The number of alkyl halides is 3. The number of benzene rings is 1. The van der Waals surface area contributed by atoms with Crippen LogP contribution in [0.4, 0.5) is 18.9 Å². The van der Waals surface area contributed by atoms with Crippen LogP contribution in [0.3, 0.4) is 0 Å². The lowest BCUT2D eigenvalue weighted by molar-refractivity contribution is -0.192. The number of amides is 1. The highest BCUT2D eigenvalue weighted by molar-refractivity contribution is 6.05. The summed E-state index contributed by atoms with van der Waals surface area (Å²) in [5, 5.41) is 28.8. The zero-order valence-electron chi connectivity index (χ0n) is 16.5. The van der Waals surface area contributed by atoms with Crippen LogP contribution in [0, 0.1) is 6.92 Å². The van der Waals surface area contributed by atoms with Crippen LogP contribution in [0.2, 0.25) is 0 Å². The second kappa shape index (κ2) is 9.16. The van der Waals surface area contributed by atoms with Crippen molar-refractivity contribution in [3.05, 3.63) is 41.3 Å². The molecule has 9 nitrogen and oxygen atoms in total. The van der Waals surface area contributed by atoms with Crippen LogP contribution >= 0.6 is 0 Å². The number of nitrogens with zero attached hydrogens (tertiary/aromatic N) is 2. The molecule has 4 rings (SSSR count). The average Bonchev–Trinajstić information content (AvgIpc) is 3.36. The second-order valence-corrected chi connectivity index (χ2v) is 7.04. The molecule has 0 saturated carbocycles. The summed E-state index contributed by atoms with van der Waals surface area (Å²) < 4.78 is 31.7. The van der Waals surface area contributed by atoms with Gasteiger partial charge in [-0.2, -0.15) is 23.4 Å². The van der Waals surface area contributed by atoms with Crippen LogP contribution in [0.15, 0.2) is 24.4 Å². The molecular formula is C19H21F3N6O3. The molecule has 1 atom stereocenters. The molecule has 2 aromatic heterocycles. The lowest BCUT2D eigenvalue weighted by atomic mass is 9.99. The number of hydrogen-bond donors (Lipinski definition) is 5. The highest BCUT2D eigenvalue weighted by Crippen LogP contribution is 2.25.